The largest absolute Gasteiger partial charge is 0.468 e. The molecule has 0 unspecified atom stereocenters. The zero-order chi connectivity index (χ0) is 22.2. The second kappa shape index (κ2) is 12.4. The van der Waals surface area contributed by atoms with Crippen LogP contribution < -0.4 is 10.6 Å². The number of hydrogen-bond acceptors (Lipinski definition) is 5. The van der Waals surface area contributed by atoms with Gasteiger partial charge in [-0.3, -0.25) is 9.30 Å². The van der Waals surface area contributed by atoms with E-state index in [9.17, 15) is 0 Å². The van der Waals surface area contributed by atoms with E-state index in [1.807, 2.05) is 40.9 Å². The number of halogens is 1. The van der Waals surface area contributed by atoms with E-state index in [0.717, 1.165) is 42.8 Å². The van der Waals surface area contributed by atoms with E-state index < -0.39 is 0 Å². The highest BCUT2D eigenvalue weighted by atomic mass is 127. The predicted octanol–water partition coefficient (Wildman–Crippen LogP) is 3.83. The second-order valence-electron chi connectivity index (χ2n) is 7.61. The molecule has 2 N–H and O–H groups in total. The number of aromatic nitrogens is 3. The normalized spacial score (nSPS) is 11.5. The minimum absolute atomic E-state index is 0. The Kier molecular flexibility index (Phi) is 9.25. The number of aliphatic imine (C=N–C) groups is 1. The van der Waals surface area contributed by atoms with E-state index in [-0.39, 0.29) is 24.0 Å². The van der Waals surface area contributed by atoms with E-state index in [2.05, 4.69) is 64.0 Å². The third-order valence-corrected chi connectivity index (χ3v) is 5.11. The highest BCUT2D eigenvalue weighted by Gasteiger charge is 2.09. The molecular formula is C24H30IN7O. The zero-order valence-corrected chi connectivity index (χ0v) is 21.3. The molecule has 0 aliphatic rings. The van der Waals surface area contributed by atoms with Crippen molar-refractivity contribution in [2.75, 3.05) is 13.6 Å². The maximum Gasteiger partial charge on any atom is 0.191 e. The summed E-state index contributed by atoms with van der Waals surface area (Å²) in [7, 11) is 2.09. The first-order valence-electron chi connectivity index (χ1n) is 10.8. The van der Waals surface area contributed by atoms with E-state index >= 15 is 0 Å². The number of benzene rings is 1. The lowest BCUT2D eigenvalue weighted by atomic mass is 10.1. The molecule has 8 nitrogen and oxygen atoms in total. The van der Waals surface area contributed by atoms with Crippen molar-refractivity contribution in [3.8, 4) is 0 Å². The highest BCUT2D eigenvalue weighted by molar-refractivity contribution is 14.0. The summed E-state index contributed by atoms with van der Waals surface area (Å²) in [6, 6.07) is 18.2. The molecular weight excluding hydrogens is 529 g/mol. The summed E-state index contributed by atoms with van der Waals surface area (Å²) in [4.78, 5) is 7.04. The number of furan rings is 1. The van der Waals surface area contributed by atoms with Gasteiger partial charge in [0, 0.05) is 19.3 Å². The van der Waals surface area contributed by atoms with Crippen molar-refractivity contribution < 1.29 is 4.42 Å². The Balaban J connectivity index is 0.00000306. The molecule has 1 aromatic carbocycles. The fourth-order valence-corrected chi connectivity index (χ4v) is 3.56. The van der Waals surface area contributed by atoms with Gasteiger partial charge in [-0.15, -0.1) is 34.2 Å². The summed E-state index contributed by atoms with van der Waals surface area (Å²) >= 11 is 0. The molecule has 0 saturated heterocycles. The van der Waals surface area contributed by atoms with Gasteiger partial charge < -0.3 is 15.1 Å². The van der Waals surface area contributed by atoms with E-state index in [4.69, 9.17) is 9.41 Å². The van der Waals surface area contributed by atoms with Crippen LogP contribution >= 0.6 is 24.0 Å². The van der Waals surface area contributed by atoms with Crippen molar-refractivity contribution in [3.63, 3.8) is 0 Å². The molecule has 0 atom stereocenters. The number of hydrogen-bond donors (Lipinski definition) is 2. The van der Waals surface area contributed by atoms with Crippen LogP contribution in [0.4, 0.5) is 0 Å². The SMILES string of the molecule is CCNC(=NCc1ccccc1CN(C)Cc1ccco1)NCc1nnc2ccccn12.I. The van der Waals surface area contributed by atoms with Crippen molar-refractivity contribution in [3.05, 3.63) is 89.8 Å². The van der Waals surface area contributed by atoms with Gasteiger partial charge in [0.2, 0.25) is 0 Å². The zero-order valence-electron chi connectivity index (χ0n) is 18.9. The van der Waals surface area contributed by atoms with Gasteiger partial charge in [-0.2, -0.15) is 0 Å². The van der Waals surface area contributed by atoms with Gasteiger partial charge in [0.1, 0.15) is 5.76 Å². The van der Waals surface area contributed by atoms with Gasteiger partial charge in [-0.25, -0.2) is 4.99 Å². The molecule has 0 spiro atoms. The number of pyridine rings is 1. The Hall–Kier alpha value is -2.92. The number of nitrogens with one attached hydrogen (secondary N) is 2. The van der Waals surface area contributed by atoms with Crippen molar-refractivity contribution in [1.29, 1.82) is 0 Å². The van der Waals surface area contributed by atoms with Gasteiger partial charge in [0.15, 0.2) is 17.4 Å². The van der Waals surface area contributed by atoms with Crippen molar-refractivity contribution >= 4 is 35.6 Å². The smallest absolute Gasteiger partial charge is 0.191 e. The monoisotopic (exact) mass is 559 g/mol. The van der Waals surface area contributed by atoms with Crippen LogP contribution in [0.2, 0.25) is 0 Å². The topological polar surface area (TPSA) is 83.0 Å². The summed E-state index contributed by atoms with van der Waals surface area (Å²) in [6.07, 6.45) is 3.68. The first kappa shape index (κ1) is 24.7. The molecule has 0 aliphatic heterocycles. The molecule has 3 heterocycles. The number of rotatable bonds is 9. The van der Waals surface area contributed by atoms with Gasteiger partial charge >= 0.3 is 0 Å². The minimum Gasteiger partial charge on any atom is -0.468 e. The van der Waals surface area contributed by atoms with Gasteiger partial charge in [-0.05, 0) is 49.4 Å². The predicted molar refractivity (Wildman–Crippen MR) is 140 cm³/mol. The van der Waals surface area contributed by atoms with Crippen LogP contribution in [0.25, 0.3) is 5.65 Å². The molecule has 0 saturated carbocycles. The Bertz CT molecular complexity index is 1160. The average Bonchev–Trinajstić information content (AvgIpc) is 3.46. The van der Waals surface area contributed by atoms with Crippen LogP contribution in [-0.2, 0) is 26.2 Å². The molecule has 3 aromatic heterocycles. The summed E-state index contributed by atoms with van der Waals surface area (Å²) in [5, 5.41) is 15.2. The Morgan fingerprint density at radius 3 is 2.61 bits per heavy atom. The first-order chi connectivity index (χ1) is 15.7. The van der Waals surface area contributed by atoms with Crippen LogP contribution in [0.15, 0.2) is 76.5 Å². The van der Waals surface area contributed by atoms with Crippen LogP contribution in [0.3, 0.4) is 0 Å². The first-order valence-corrected chi connectivity index (χ1v) is 10.8. The van der Waals surface area contributed by atoms with Crippen molar-refractivity contribution in [2.45, 2.75) is 33.1 Å². The van der Waals surface area contributed by atoms with E-state index in [0.29, 0.717) is 13.1 Å². The number of fused-ring (bicyclic) bond motifs is 1. The lowest BCUT2D eigenvalue weighted by Crippen LogP contribution is -2.37. The molecule has 33 heavy (non-hydrogen) atoms. The van der Waals surface area contributed by atoms with Crippen LogP contribution in [0, 0.1) is 0 Å². The Morgan fingerprint density at radius 1 is 1.00 bits per heavy atom. The van der Waals surface area contributed by atoms with Gasteiger partial charge in [0.25, 0.3) is 0 Å². The highest BCUT2D eigenvalue weighted by Crippen LogP contribution is 2.14. The Morgan fingerprint density at radius 2 is 1.82 bits per heavy atom. The molecule has 0 bridgehead atoms. The molecule has 9 heteroatoms. The molecule has 4 rings (SSSR count). The molecule has 0 aliphatic carbocycles. The summed E-state index contributed by atoms with van der Waals surface area (Å²) in [5.74, 6) is 2.55. The lowest BCUT2D eigenvalue weighted by Gasteiger charge is -2.17. The Labute approximate surface area is 211 Å². The fraction of sp³-hybridized carbons (Fsp3) is 0.292. The quantitative estimate of drug-likeness (QED) is 0.184. The molecule has 4 aromatic rings. The van der Waals surface area contributed by atoms with Gasteiger partial charge in [-0.1, -0.05) is 30.3 Å². The molecule has 0 amide bonds. The van der Waals surface area contributed by atoms with Crippen LogP contribution in [-0.4, -0.2) is 39.0 Å². The lowest BCUT2D eigenvalue weighted by molar-refractivity contribution is 0.287. The summed E-state index contributed by atoms with van der Waals surface area (Å²) in [6.45, 7) is 5.54. The third kappa shape index (κ3) is 6.78. The summed E-state index contributed by atoms with van der Waals surface area (Å²) in [5.41, 5.74) is 3.28. The van der Waals surface area contributed by atoms with Crippen molar-refractivity contribution in [1.82, 2.24) is 30.1 Å². The standard InChI is InChI=1S/C24H29N7O.HI/c1-3-25-24(27-16-23-29-28-22-12-6-7-13-31(22)23)26-15-19-9-4-5-10-20(19)17-30(2)18-21-11-8-14-32-21;/h4-14H,3,15-18H2,1-2H3,(H2,25,26,27);1H. The minimum atomic E-state index is 0. The molecule has 0 radical (unpaired) electrons. The fourth-order valence-electron chi connectivity index (χ4n) is 3.56. The maximum atomic E-state index is 5.47. The number of nitrogens with zero attached hydrogens (tertiary/aromatic N) is 5. The summed E-state index contributed by atoms with van der Waals surface area (Å²) < 4.78 is 7.44. The van der Waals surface area contributed by atoms with Gasteiger partial charge in [0.05, 0.1) is 25.9 Å². The second-order valence-corrected chi connectivity index (χ2v) is 7.61. The van der Waals surface area contributed by atoms with E-state index in [1.165, 1.54) is 11.1 Å². The maximum absolute atomic E-state index is 5.47. The number of guanidine groups is 1. The molecule has 0 fully saturated rings. The van der Waals surface area contributed by atoms with Crippen LogP contribution in [0.1, 0.15) is 29.6 Å². The third-order valence-electron chi connectivity index (χ3n) is 5.11. The average molecular weight is 559 g/mol. The van der Waals surface area contributed by atoms with Crippen LogP contribution in [0.5, 0.6) is 0 Å². The van der Waals surface area contributed by atoms with E-state index in [1.54, 1.807) is 6.26 Å². The molecule has 174 valence electrons. The van der Waals surface area contributed by atoms with Crippen molar-refractivity contribution in [2.24, 2.45) is 4.99 Å².